The lowest BCUT2D eigenvalue weighted by Crippen LogP contribution is -2.14. The zero-order valence-electron chi connectivity index (χ0n) is 17.2. The van der Waals surface area contributed by atoms with E-state index < -0.39 is 17.5 Å². The van der Waals surface area contributed by atoms with Gasteiger partial charge in [0.15, 0.2) is 11.5 Å². The monoisotopic (exact) mass is 433 g/mol. The third-order valence-electron chi connectivity index (χ3n) is 3.98. The van der Waals surface area contributed by atoms with Gasteiger partial charge in [0.2, 0.25) is 11.6 Å². The molecule has 1 amide bonds. The summed E-state index contributed by atoms with van der Waals surface area (Å²) in [5.41, 5.74) is 0.107. The topological polar surface area (TPSA) is 95.7 Å². The number of hydrogen-bond acceptors (Lipinski definition) is 7. The summed E-state index contributed by atoms with van der Waals surface area (Å²) in [5.74, 6) is -1.27. The summed E-state index contributed by atoms with van der Waals surface area (Å²) >= 11 is 0. The fourth-order valence-corrected chi connectivity index (χ4v) is 2.74. The van der Waals surface area contributed by atoms with Crippen LogP contribution in [0.1, 0.15) is 31.1 Å². The maximum atomic E-state index is 13.8. The number of hydrogen-bond donors (Lipinski definition) is 1. The predicted octanol–water partition coefficient (Wildman–Crippen LogP) is 4.46. The van der Waals surface area contributed by atoms with Crippen LogP contribution in [0.3, 0.4) is 0 Å². The lowest BCUT2D eigenvalue weighted by atomic mass is 10.2. The van der Waals surface area contributed by atoms with Gasteiger partial charge in [-0.25, -0.2) is 8.78 Å². The van der Waals surface area contributed by atoms with Crippen molar-refractivity contribution in [1.29, 1.82) is 0 Å². The van der Waals surface area contributed by atoms with Crippen molar-refractivity contribution in [2.75, 3.05) is 25.1 Å². The molecular formula is C21H21F2N3O5. The van der Waals surface area contributed by atoms with Gasteiger partial charge in [-0.3, -0.25) is 10.1 Å². The van der Waals surface area contributed by atoms with Crippen molar-refractivity contribution in [3.63, 3.8) is 0 Å². The van der Waals surface area contributed by atoms with Crippen LogP contribution < -0.4 is 19.5 Å². The standard InChI is InChI=1S/C21H21F2N3O5/c1-4-28-16-9-12(10-17(29-5-2)18(16)30-6-3)20-25-26-21(31-20)24-19(27)14-8-7-13(22)11-15(14)23/h7-11H,4-6H2,1-3H3,(H,24,26,27). The lowest BCUT2D eigenvalue weighted by molar-refractivity contribution is 0.102. The molecule has 0 fully saturated rings. The van der Waals surface area contributed by atoms with Crippen molar-refractivity contribution in [2.24, 2.45) is 0 Å². The third kappa shape index (κ3) is 5.08. The number of anilines is 1. The van der Waals surface area contributed by atoms with Gasteiger partial charge >= 0.3 is 6.01 Å². The molecule has 164 valence electrons. The van der Waals surface area contributed by atoms with E-state index in [1.807, 2.05) is 20.8 Å². The first kappa shape index (κ1) is 22.0. The fraction of sp³-hybridized carbons (Fsp3) is 0.286. The molecule has 2 aromatic carbocycles. The van der Waals surface area contributed by atoms with Crippen molar-refractivity contribution >= 4 is 11.9 Å². The average Bonchev–Trinajstić information content (AvgIpc) is 3.19. The summed E-state index contributed by atoms with van der Waals surface area (Å²) in [6.07, 6.45) is 0. The highest BCUT2D eigenvalue weighted by Crippen LogP contribution is 2.41. The Hall–Kier alpha value is -3.69. The van der Waals surface area contributed by atoms with Gasteiger partial charge in [-0.05, 0) is 45.0 Å². The minimum atomic E-state index is -1.01. The summed E-state index contributed by atoms with van der Waals surface area (Å²) in [7, 11) is 0. The van der Waals surface area contributed by atoms with Crippen LogP contribution in [0.15, 0.2) is 34.7 Å². The van der Waals surface area contributed by atoms with Crippen LogP contribution >= 0.6 is 0 Å². The molecule has 0 saturated heterocycles. The van der Waals surface area contributed by atoms with Crippen molar-refractivity contribution in [3.8, 4) is 28.7 Å². The van der Waals surface area contributed by atoms with Crippen molar-refractivity contribution in [1.82, 2.24) is 10.2 Å². The van der Waals surface area contributed by atoms with E-state index in [0.717, 1.165) is 12.1 Å². The molecule has 31 heavy (non-hydrogen) atoms. The largest absolute Gasteiger partial charge is 0.490 e. The molecule has 0 spiro atoms. The zero-order valence-corrected chi connectivity index (χ0v) is 17.2. The molecule has 3 aromatic rings. The third-order valence-corrected chi connectivity index (χ3v) is 3.98. The first-order valence-electron chi connectivity index (χ1n) is 9.63. The summed E-state index contributed by atoms with van der Waals surface area (Å²) in [5, 5.41) is 9.96. The molecule has 1 heterocycles. The number of nitrogens with one attached hydrogen (secondary N) is 1. The number of carbonyl (C=O) groups is 1. The molecule has 0 radical (unpaired) electrons. The second-order valence-corrected chi connectivity index (χ2v) is 6.09. The highest BCUT2D eigenvalue weighted by atomic mass is 19.1. The molecule has 10 heteroatoms. The molecule has 0 unspecified atom stereocenters. The second-order valence-electron chi connectivity index (χ2n) is 6.09. The quantitative estimate of drug-likeness (QED) is 0.532. The van der Waals surface area contributed by atoms with Crippen molar-refractivity contribution in [2.45, 2.75) is 20.8 Å². The van der Waals surface area contributed by atoms with Gasteiger partial charge in [0, 0.05) is 11.6 Å². The smallest absolute Gasteiger partial charge is 0.322 e. The molecule has 8 nitrogen and oxygen atoms in total. The molecule has 1 N–H and O–H groups in total. The summed E-state index contributed by atoms with van der Waals surface area (Å²) in [4.78, 5) is 12.2. The second kappa shape index (κ2) is 9.88. The lowest BCUT2D eigenvalue weighted by Gasteiger charge is -2.16. The first-order valence-corrected chi connectivity index (χ1v) is 9.63. The number of nitrogens with zero attached hydrogens (tertiary/aromatic N) is 2. The SMILES string of the molecule is CCOc1cc(-c2nnc(NC(=O)c3ccc(F)cc3F)o2)cc(OCC)c1OCC. The van der Waals surface area contributed by atoms with E-state index in [1.165, 1.54) is 0 Å². The minimum Gasteiger partial charge on any atom is -0.490 e. The van der Waals surface area contributed by atoms with Crippen LogP contribution in [0.2, 0.25) is 0 Å². The van der Waals surface area contributed by atoms with Gasteiger partial charge in [-0.15, -0.1) is 5.10 Å². The maximum Gasteiger partial charge on any atom is 0.322 e. The molecule has 1 aromatic heterocycles. The Bertz CT molecular complexity index is 1040. The Balaban J connectivity index is 1.89. The van der Waals surface area contributed by atoms with E-state index in [0.29, 0.717) is 48.7 Å². The van der Waals surface area contributed by atoms with E-state index in [-0.39, 0.29) is 17.5 Å². The Morgan fingerprint density at radius 1 is 0.968 bits per heavy atom. The molecule has 0 aliphatic heterocycles. The van der Waals surface area contributed by atoms with Gasteiger partial charge in [0.1, 0.15) is 11.6 Å². The summed E-state index contributed by atoms with van der Waals surface area (Å²) in [6.45, 7) is 6.70. The van der Waals surface area contributed by atoms with E-state index >= 15 is 0 Å². The molecule has 0 bridgehead atoms. The number of benzene rings is 2. The van der Waals surface area contributed by atoms with Crippen molar-refractivity contribution in [3.05, 3.63) is 47.5 Å². The Kier molecular flexibility index (Phi) is 7.01. The van der Waals surface area contributed by atoms with E-state index in [9.17, 15) is 13.6 Å². The Morgan fingerprint density at radius 3 is 2.19 bits per heavy atom. The number of rotatable bonds is 9. The van der Waals surface area contributed by atoms with Gasteiger partial charge in [0.25, 0.3) is 5.91 Å². The van der Waals surface area contributed by atoms with E-state index in [1.54, 1.807) is 12.1 Å². The van der Waals surface area contributed by atoms with Gasteiger partial charge < -0.3 is 18.6 Å². The molecular weight excluding hydrogens is 412 g/mol. The molecule has 0 atom stereocenters. The Morgan fingerprint density at radius 2 is 1.61 bits per heavy atom. The van der Waals surface area contributed by atoms with Gasteiger partial charge in [-0.1, -0.05) is 5.10 Å². The van der Waals surface area contributed by atoms with Gasteiger partial charge in [-0.2, -0.15) is 0 Å². The van der Waals surface area contributed by atoms with Crippen LogP contribution in [0.25, 0.3) is 11.5 Å². The van der Waals surface area contributed by atoms with Crippen LogP contribution in [0.4, 0.5) is 14.8 Å². The van der Waals surface area contributed by atoms with Crippen LogP contribution in [-0.2, 0) is 0 Å². The number of amides is 1. The zero-order chi connectivity index (χ0) is 22.4. The number of aromatic nitrogens is 2. The molecule has 0 aliphatic carbocycles. The van der Waals surface area contributed by atoms with Crippen LogP contribution in [-0.4, -0.2) is 35.9 Å². The fourth-order valence-electron chi connectivity index (χ4n) is 2.74. The minimum absolute atomic E-state index is 0.0693. The number of halogens is 2. The summed E-state index contributed by atoms with van der Waals surface area (Å²) < 4.78 is 49.3. The van der Waals surface area contributed by atoms with E-state index in [2.05, 4.69) is 15.5 Å². The van der Waals surface area contributed by atoms with E-state index in [4.69, 9.17) is 18.6 Å². The average molecular weight is 433 g/mol. The summed E-state index contributed by atoms with van der Waals surface area (Å²) in [6, 6.07) is 5.65. The maximum absolute atomic E-state index is 13.8. The molecule has 0 aliphatic rings. The number of ether oxygens (including phenoxy) is 3. The van der Waals surface area contributed by atoms with Crippen LogP contribution in [0, 0.1) is 11.6 Å². The molecule has 0 saturated carbocycles. The normalized spacial score (nSPS) is 10.6. The first-order chi connectivity index (χ1) is 15.0. The Labute approximate surface area is 177 Å². The number of carbonyl (C=O) groups excluding carboxylic acids is 1. The van der Waals surface area contributed by atoms with Crippen molar-refractivity contribution < 1.29 is 32.2 Å². The van der Waals surface area contributed by atoms with Crippen LogP contribution in [0.5, 0.6) is 17.2 Å². The predicted molar refractivity (Wildman–Crippen MR) is 108 cm³/mol. The highest BCUT2D eigenvalue weighted by molar-refractivity contribution is 6.03. The highest BCUT2D eigenvalue weighted by Gasteiger charge is 2.20. The van der Waals surface area contributed by atoms with Gasteiger partial charge in [0.05, 0.1) is 25.4 Å². The molecule has 3 rings (SSSR count).